The van der Waals surface area contributed by atoms with Crippen LogP contribution in [0.5, 0.6) is 0 Å². The number of aromatic nitrogens is 3. The number of nitrogen functional groups attached to an aromatic ring is 1. The molecule has 0 amide bonds. The third-order valence-corrected chi connectivity index (χ3v) is 2.83. The highest BCUT2D eigenvalue weighted by Gasteiger charge is 2.10. The van der Waals surface area contributed by atoms with Crippen LogP contribution in [0.25, 0.3) is 0 Å². The molecule has 0 atom stereocenters. The van der Waals surface area contributed by atoms with Gasteiger partial charge in [-0.05, 0) is 32.0 Å². The molecule has 0 saturated heterocycles. The Morgan fingerprint density at radius 2 is 2.17 bits per heavy atom. The van der Waals surface area contributed by atoms with Gasteiger partial charge in [0.15, 0.2) is 0 Å². The topological polar surface area (TPSA) is 60.0 Å². The maximum atomic E-state index is 5.79. The van der Waals surface area contributed by atoms with Gasteiger partial charge in [0.2, 0.25) is 0 Å². The van der Waals surface area contributed by atoms with Gasteiger partial charge in [-0.2, -0.15) is 5.10 Å². The summed E-state index contributed by atoms with van der Waals surface area (Å²) in [4.78, 5) is 6.41. The molecular weight excluding hydrogens is 226 g/mol. The van der Waals surface area contributed by atoms with E-state index in [-0.39, 0.29) is 0 Å². The van der Waals surface area contributed by atoms with Crippen LogP contribution < -0.4 is 10.6 Å². The average molecular weight is 245 g/mol. The zero-order valence-electron chi connectivity index (χ0n) is 11.0. The molecule has 1 heterocycles. The molecule has 2 aromatic rings. The van der Waals surface area contributed by atoms with Crippen LogP contribution in [0.3, 0.4) is 0 Å². The number of hydrogen-bond donors (Lipinski definition) is 1. The van der Waals surface area contributed by atoms with E-state index >= 15 is 0 Å². The minimum absolute atomic E-state index is 0.316. The molecule has 0 unspecified atom stereocenters. The van der Waals surface area contributed by atoms with Crippen LogP contribution in [0.15, 0.2) is 30.6 Å². The van der Waals surface area contributed by atoms with Crippen molar-refractivity contribution in [1.82, 2.24) is 14.8 Å². The first kappa shape index (κ1) is 12.4. The summed E-state index contributed by atoms with van der Waals surface area (Å²) in [5, 5.41) is 4.23. The van der Waals surface area contributed by atoms with Crippen LogP contribution in [-0.4, -0.2) is 21.8 Å². The van der Waals surface area contributed by atoms with Gasteiger partial charge in [0.25, 0.3) is 0 Å². The Balaban J connectivity index is 2.16. The Morgan fingerprint density at radius 3 is 2.83 bits per heavy atom. The van der Waals surface area contributed by atoms with Crippen LogP contribution in [0.1, 0.15) is 25.7 Å². The summed E-state index contributed by atoms with van der Waals surface area (Å²) in [5.74, 6) is 0.954. The summed E-state index contributed by atoms with van der Waals surface area (Å²) < 4.78 is 1.93. The second-order valence-electron chi connectivity index (χ2n) is 4.67. The normalized spacial score (nSPS) is 10.9. The molecule has 0 bridgehead atoms. The van der Waals surface area contributed by atoms with E-state index in [0.29, 0.717) is 12.6 Å². The highest BCUT2D eigenvalue weighted by Crippen LogP contribution is 2.18. The van der Waals surface area contributed by atoms with Crippen molar-refractivity contribution < 1.29 is 0 Å². The summed E-state index contributed by atoms with van der Waals surface area (Å²) in [6.07, 6.45) is 1.60. The van der Waals surface area contributed by atoms with Crippen molar-refractivity contribution in [2.45, 2.75) is 26.4 Å². The predicted octanol–water partition coefficient (Wildman–Crippen LogP) is 2.08. The first-order valence-electron chi connectivity index (χ1n) is 6.03. The van der Waals surface area contributed by atoms with Gasteiger partial charge in [-0.1, -0.05) is 6.07 Å². The van der Waals surface area contributed by atoms with Gasteiger partial charge in [0.05, 0.1) is 6.54 Å². The van der Waals surface area contributed by atoms with E-state index in [0.717, 1.165) is 17.2 Å². The molecule has 5 heteroatoms. The fourth-order valence-corrected chi connectivity index (χ4v) is 1.88. The minimum atomic E-state index is 0.316. The van der Waals surface area contributed by atoms with Gasteiger partial charge >= 0.3 is 0 Å². The van der Waals surface area contributed by atoms with E-state index in [9.17, 15) is 0 Å². The Labute approximate surface area is 107 Å². The lowest BCUT2D eigenvalue weighted by molar-refractivity contribution is 0.503. The van der Waals surface area contributed by atoms with Crippen LogP contribution in [0.4, 0.5) is 11.4 Å². The minimum Gasteiger partial charge on any atom is -0.399 e. The smallest absolute Gasteiger partial charge is 0.146 e. The van der Waals surface area contributed by atoms with Gasteiger partial charge in [-0.3, -0.25) is 0 Å². The largest absolute Gasteiger partial charge is 0.399 e. The van der Waals surface area contributed by atoms with Gasteiger partial charge in [-0.25, -0.2) is 9.67 Å². The SMILES string of the molecule is CC(C)n1ncnc1CN(C)c1cccc(N)c1. The molecule has 1 aromatic carbocycles. The van der Waals surface area contributed by atoms with Crippen LogP contribution in [-0.2, 0) is 6.54 Å². The molecule has 0 saturated carbocycles. The van der Waals surface area contributed by atoms with Crippen LogP contribution >= 0.6 is 0 Å². The van der Waals surface area contributed by atoms with Crippen LogP contribution in [0, 0.1) is 0 Å². The van der Waals surface area contributed by atoms with Crippen molar-refractivity contribution in [2.75, 3.05) is 17.7 Å². The Bertz CT molecular complexity index is 518. The molecule has 5 nitrogen and oxygen atoms in total. The summed E-state index contributed by atoms with van der Waals surface area (Å²) in [6, 6.07) is 8.14. The molecule has 2 rings (SSSR count). The number of nitrogens with zero attached hydrogens (tertiary/aromatic N) is 4. The highest BCUT2D eigenvalue weighted by molar-refractivity contribution is 5.55. The number of hydrogen-bond acceptors (Lipinski definition) is 4. The second-order valence-corrected chi connectivity index (χ2v) is 4.67. The van der Waals surface area contributed by atoms with Crippen molar-refractivity contribution in [3.63, 3.8) is 0 Å². The van der Waals surface area contributed by atoms with Gasteiger partial charge in [0, 0.05) is 24.5 Å². The fourth-order valence-electron chi connectivity index (χ4n) is 1.88. The Kier molecular flexibility index (Phi) is 3.50. The zero-order valence-corrected chi connectivity index (χ0v) is 11.0. The first-order chi connectivity index (χ1) is 8.58. The molecule has 1 aromatic heterocycles. The van der Waals surface area contributed by atoms with E-state index in [2.05, 4.69) is 28.8 Å². The van der Waals surface area contributed by atoms with Gasteiger partial charge < -0.3 is 10.6 Å². The highest BCUT2D eigenvalue weighted by atomic mass is 15.4. The third kappa shape index (κ3) is 2.61. The maximum absolute atomic E-state index is 5.79. The Morgan fingerprint density at radius 1 is 1.39 bits per heavy atom. The van der Waals surface area contributed by atoms with Gasteiger partial charge in [0.1, 0.15) is 12.2 Å². The van der Waals surface area contributed by atoms with Gasteiger partial charge in [-0.15, -0.1) is 0 Å². The van der Waals surface area contributed by atoms with Crippen molar-refractivity contribution in [1.29, 1.82) is 0 Å². The van der Waals surface area contributed by atoms with Crippen molar-refractivity contribution in [3.05, 3.63) is 36.4 Å². The van der Waals surface area contributed by atoms with E-state index < -0.39 is 0 Å². The average Bonchev–Trinajstić information content (AvgIpc) is 2.77. The summed E-state index contributed by atoms with van der Waals surface area (Å²) in [7, 11) is 2.02. The van der Waals surface area contributed by atoms with E-state index in [1.807, 2.05) is 36.0 Å². The molecule has 0 aliphatic heterocycles. The number of rotatable bonds is 4. The predicted molar refractivity (Wildman–Crippen MR) is 73.4 cm³/mol. The lowest BCUT2D eigenvalue weighted by Crippen LogP contribution is -2.21. The van der Waals surface area contributed by atoms with Crippen molar-refractivity contribution in [2.24, 2.45) is 0 Å². The summed E-state index contributed by atoms with van der Waals surface area (Å²) in [5.41, 5.74) is 7.63. The molecule has 96 valence electrons. The molecule has 0 radical (unpaired) electrons. The lowest BCUT2D eigenvalue weighted by atomic mass is 10.2. The molecule has 18 heavy (non-hydrogen) atoms. The van der Waals surface area contributed by atoms with E-state index in [1.54, 1.807) is 6.33 Å². The standard InChI is InChI=1S/C13H19N5/c1-10(2)18-13(15-9-16-18)8-17(3)12-6-4-5-11(14)7-12/h4-7,9-10H,8,14H2,1-3H3. The van der Waals surface area contributed by atoms with E-state index in [4.69, 9.17) is 5.73 Å². The third-order valence-electron chi connectivity index (χ3n) is 2.83. The molecule has 0 aliphatic rings. The number of anilines is 2. The summed E-state index contributed by atoms with van der Waals surface area (Å²) >= 11 is 0. The molecule has 0 spiro atoms. The molecular formula is C13H19N5. The number of nitrogens with two attached hydrogens (primary N) is 1. The van der Waals surface area contributed by atoms with Crippen LogP contribution in [0.2, 0.25) is 0 Å². The maximum Gasteiger partial charge on any atom is 0.146 e. The van der Waals surface area contributed by atoms with Crippen molar-refractivity contribution in [3.8, 4) is 0 Å². The molecule has 0 fully saturated rings. The fraction of sp³-hybridized carbons (Fsp3) is 0.385. The second kappa shape index (κ2) is 5.08. The lowest BCUT2D eigenvalue weighted by Gasteiger charge is -2.20. The molecule has 2 N–H and O–H groups in total. The van der Waals surface area contributed by atoms with Crippen molar-refractivity contribution >= 4 is 11.4 Å². The monoisotopic (exact) mass is 245 g/mol. The Hall–Kier alpha value is -2.04. The zero-order chi connectivity index (χ0) is 13.1. The van der Waals surface area contributed by atoms with E-state index in [1.165, 1.54) is 0 Å². The summed E-state index contributed by atoms with van der Waals surface area (Å²) in [6.45, 7) is 4.90. The number of benzene rings is 1. The quantitative estimate of drug-likeness (QED) is 0.838. The molecule has 0 aliphatic carbocycles. The first-order valence-corrected chi connectivity index (χ1v) is 6.03.